The summed E-state index contributed by atoms with van der Waals surface area (Å²) in [4.78, 5) is 17.9. The molecule has 0 saturated carbocycles. The van der Waals surface area contributed by atoms with Gasteiger partial charge in [0.15, 0.2) is 5.13 Å². The van der Waals surface area contributed by atoms with E-state index in [4.69, 9.17) is 0 Å². The first kappa shape index (κ1) is 16.0. The zero-order valence-corrected chi connectivity index (χ0v) is 14.4. The van der Waals surface area contributed by atoms with Crippen LogP contribution in [0.2, 0.25) is 0 Å². The van der Waals surface area contributed by atoms with Crippen LogP contribution in [-0.2, 0) is 26.3 Å². The second-order valence-electron chi connectivity index (χ2n) is 6.02. The molecular weight excluding hydrogens is 310 g/mol. The third kappa shape index (κ3) is 4.10. The molecule has 2 aromatic heterocycles. The zero-order valence-electron chi connectivity index (χ0n) is 13.6. The number of aromatic nitrogens is 3. The quantitative estimate of drug-likeness (QED) is 0.884. The van der Waals surface area contributed by atoms with Gasteiger partial charge < -0.3 is 5.32 Å². The highest BCUT2D eigenvalue weighted by molar-refractivity contribution is 7.15. The van der Waals surface area contributed by atoms with E-state index >= 15 is 0 Å². The minimum Gasteiger partial charge on any atom is -0.337 e. The fraction of sp³-hybridized carbons (Fsp3) is 0.562. The Morgan fingerprint density at radius 2 is 2.39 bits per heavy atom. The molecule has 0 saturated heterocycles. The van der Waals surface area contributed by atoms with Crippen LogP contribution in [0.5, 0.6) is 0 Å². The number of nitrogens with one attached hydrogen (secondary N) is 2. The van der Waals surface area contributed by atoms with Gasteiger partial charge in [0.25, 0.3) is 0 Å². The second kappa shape index (κ2) is 7.12. The molecule has 3 rings (SSSR count). The molecule has 6 nitrogen and oxygen atoms in total. The molecule has 23 heavy (non-hydrogen) atoms. The Morgan fingerprint density at radius 1 is 1.52 bits per heavy atom. The molecule has 1 atom stereocenters. The summed E-state index contributed by atoms with van der Waals surface area (Å²) in [6.45, 7) is 2.80. The van der Waals surface area contributed by atoms with Crippen molar-refractivity contribution in [2.45, 2.75) is 39.0 Å². The maximum Gasteiger partial charge on any atom is 0.321 e. The minimum absolute atomic E-state index is 0.195. The van der Waals surface area contributed by atoms with Gasteiger partial charge in [0.05, 0.1) is 11.4 Å². The highest BCUT2D eigenvalue weighted by Crippen LogP contribution is 2.33. The third-order valence-electron chi connectivity index (χ3n) is 4.28. The Hall–Kier alpha value is -1.89. The summed E-state index contributed by atoms with van der Waals surface area (Å²) < 4.78 is 1.76. The summed E-state index contributed by atoms with van der Waals surface area (Å²) in [5.41, 5.74) is 2.15. The van der Waals surface area contributed by atoms with E-state index in [0.29, 0.717) is 11.7 Å². The highest BCUT2D eigenvalue weighted by Gasteiger charge is 2.21. The van der Waals surface area contributed by atoms with E-state index < -0.39 is 0 Å². The molecule has 0 bridgehead atoms. The fourth-order valence-corrected chi connectivity index (χ4v) is 4.00. The summed E-state index contributed by atoms with van der Waals surface area (Å²) >= 11 is 1.62. The van der Waals surface area contributed by atoms with Gasteiger partial charge in [-0.15, -0.1) is 11.3 Å². The molecule has 7 heteroatoms. The van der Waals surface area contributed by atoms with E-state index in [1.54, 1.807) is 16.0 Å². The van der Waals surface area contributed by atoms with Crippen molar-refractivity contribution in [2.24, 2.45) is 13.0 Å². The summed E-state index contributed by atoms with van der Waals surface area (Å²) in [6.07, 6.45) is 7.19. The van der Waals surface area contributed by atoms with Crippen molar-refractivity contribution in [2.75, 3.05) is 11.9 Å². The van der Waals surface area contributed by atoms with Gasteiger partial charge in [-0.05, 0) is 31.2 Å². The number of nitrogens with zero attached hydrogens (tertiary/aromatic N) is 3. The largest absolute Gasteiger partial charge is 0.337 e. The molecule has 0 radical (unpaired) electrons. The van der Waals surface area contributed by atoms with Crippen LogP contribution in [0.4, 0.5) is 9.93 Å². The third-order valence-corrected chi connectivity index (χ3v) is 5.31. The lowest BCUT2D eigenvalue weighted by molar-refractivity contribution is 0.252. The average molecular weight is 333 g/mol. The van der Waals surface area contributed by atoms with Crippen molar-refractivity contribution in [3.63, 3.8) is 0 Å². The number of amides is 2. The number of hydrogen-bond acceptors (Lipinski definition) is 4. The number of carbonyl (C=O) groups excluding carboxylic acids is 1. The number of aryl methyl sites for hydroxylation is 2. The van der Waals surface area contributed by atoms with E-state index in [-0.39, 0.29) is 6.03 Å². The van der Waals surface area contributed by atoms with Crippen molar-refractivity contribution >= 4 is 22.5 Å². The SMILES string of the molecule is CCC1CCc2nc(NC(=O)NCCc3ccn(C)n3)sc2C1. The molecule has 0 aliphatic heterocycles. The monoisotopic (exact) mass is 333 g/mol. The molecule has 2 aromatic rings. The van der Waals surface area contributed by atoms with Gasteiger partial charge in [-0.1, -0.05) is 13.3 Å². The van der Waals surface area contributed by atoms with Crippen LogP contribution in [0.15, 0.2) is 12.3 Å². The van der Waals surface area contributed by atoms with Gasteiger partial charge in [-0.3, -0.25) is 10.00 Å². The number of rotatable bonds is 5. The predicted molar refractivity (Wildman–Crippen MR) is 91.9 cm³/mol. The number of hydrogen-bond donors (Lipinski definition) is 2. The van der Waals surface area contributed by atoms with Gasteiger partial charge in [-0.2, -0.15) is 5.10 Å². The van der Waals surface area contributed by atoms with Crippen LogP contribution in [0.1, 0.15) is 36.0 Å². The van der Waals surface area contributed by atoms with Crippen LogP contribution in [0.3, 0.4) is 0 Å². The zero-order chi connectivity index (χ0) is 16.2. The molecule has 2 heterocycles. The molecule has 0 aromatic carbocycles. The first-order chi connectivity index (χ1) is 11.1. The maximum absolute atomic E-state index is 12.0. The van der Waals surface area contributed by atoms with Gasteiger partial charge in [0.1, 0.15) is 0 Å². The number of urea groups is 1. The van der Waals surface area contributed by atoms with E-state index in [9.17, 15) is 4.79 Å². The molecule has 124 valence electrons. The van der Waals surface area contributed by atoms with Crippen LogP contribution < -0.4 is 10.6 Å². The first-order valence-electron chi connectivity index (χ1n) is 8.16. The van der Waals surface area contributed by atoms with Crippen LogP contribution in [-0.4, -0.2) is 27.3 Å². The topological polar surface area (TPSA) is 71.8 Å². The Bertz CT molecular complexity index is 678. The fourth-order valence-electron chi connectivity index (χ4n) is 2.89. The number of thiazole rings is 1. The highest BCUT2D eigenvalue weighted by atomic mass is 32.1. The molecular formula is C16H23N5OS. The van der Waals surface area contributed by atoms with Crippen molar-refractivity contribution in [3.05, 3.63) is 28.5 Å². The number of fused-ring (bicyclic) bond motifs is 1. The summed E-state index contributed by atoms with van der Waals surface area (Å²) in [6, 6.07) is 1.76. The van der Waals surface area contributed by atoms with Gasteiger partial charge in [-0.25, -0.2) is 9.78 Å². The van der Waals surface area contributed by atoms with Gasteiger partial charge in [0, 0.05) is 31.1 Å². The minimum atomic E-state index is -0.195. The Labute approximate surface area is 140 Å². The Kier molecular flexibility index (Phi) is 4.95. The van der Waals surface area contributed by atoms with Crippen LogP contribution in [0.25, 0.3) is 0 Å². The van der Waals surface area contributed by atoms with Crippen molar-refractivity contribution in [3.8, 4) is 0 Å². The molecule has 2 N–H and O–H groups in total. The van der Waals surface area contributed by atoms with E-state index in [2.05, 4.69) is 27.6 Å². The molecule has 0 fully saturated rings. The van der Waals surface area contributed by atoms with E-state index in [0.717, 1.165) is 30.9 Å². The molecule has 2 amide bonds. The summed E-state index contributed by atoms with van der Waals surface area (Å²) in [5, 5.41) is 10.7. The standard InChI is InChI=1S/C16H23N5OS/c1-3-11-4-5-13-14(10-11)23-16(18-13)19-15(22)17-8-6-12-7-9-21(2)20-12/h7,9,11H,3-6,8,10H2,1-2H3,(H2,17,18,19,22). The molecule has 0 spiro atoms. The maximum atomic E-state index is 12.0. The van der Waals surface area contributed by atoms with Crippen molar-refractivity contribution in [1.82, 2.24) is 20.1 Å². The second-order valence-corrected chi connectivity index (χ2v) is 7.10. The van der Waals surface area contributed by atoms with Crippen molar-refractivity contribution in [1.29, 1.82) is 0 Å². The molecule has 1 aliphatic carbocycles. The van der Waals surface area contributed by atoms with Crippen LogP contribution in [0, 0.1) is 5.92 Å². The first-order valence-corrected chi connectivity index (χ1v) is 8.97. The average Bonchev–Trinajstić information content (AvgIpc) is 3.11. The Morgan fingerprint density at radius 3 is 3.13 bits per heavy atom. The summed E-state index contributed by atoms with van der Waals surface area (Å²) in [5.74, 6) is 0.767. The van der Waals surface area contributed by atoms with E-state index in [1.807, 2.05) is 19.3 Å². The van der Waals surface area contributed by atoms with Gasteiger partial charge >= 0.3 is 6.03 Å². The normalized spacial score (nSPS) is 16.9. The van der Waals surface area contributed by atoms with Crippen molar-refractivity contribution < 1.29 is 4.79 Å². The number of anilines is 1. The lowest BCUT2D eigenvalue weighted by atomic mass is 9.89. The lowest BCUT2D eigenvalue weighted by Gasteiger charge is -2.18. The Balaban J connectivity index is 1.47. The van der Waals surface area contributed by atoms with Crippen LogP contribution >= 0.6 is 11.3 Å². The molecule has 1 aliphatic rings. The summed E-state index contributed by atoms with van der Waals surface area (Å²) in [7, 11) is 1.89. The lowest BCUT2D eigenvalue weighted by Crippen LogP contribution is -2.30. The van der Waals surface area contributed by atoms with E-state index in [1.165, 1.54) is 23.4 Å². The number of carbonyl (C=O) groups is 1. The van der Waals surface area contributed by atoms with Gasteiger partial charge in [0.2, 0.25) is 0 Å². The smallest absolute Gasteiger partial charge is 0.321 e. The molecule has 1 unspecified atom stereocenters. The predicted octanol–water partition coefficient (Wildman–Crippen LogP) is 2.76.